The maximum atomic E-state index is 11.1. The van der Waals surface area contributed by atoms with Crippen LogP contribution in [0.1, 0.15) is 12.5 Å². The largest absolute Gasteiger partial charge is 0.481 e. The van der Waals surface area contributed by atoms with Gasteiger partial charge in [0.2, 0.25) is 11.8 Å². The van der Waals surface area contributed by atoms with Gasteiger partial charge in [-0.3, -0.25) is 10.1 Å². The zero-order valence-corrected chi connectivity index (χ0v) is 9.11. The number of carbonyl (C=O) groups is 2. The summed E-state index contributed by atoms with van der Waals surface area (Å²) in [5.41, 5.74) is 0.740. The van der Waals surface area contributed by atoms with Crippen molar-refractivity contribution in [3.8, 4) is 5.88 Å². The van der Waals surface area contributed by atoms with Gasteiger partial charge in [0.1, 0.15) is 0 Å². The van der Waals surface area contributed by atoms with Crippen molar-refractivity contribution in [3.63, 3.8) is 0 Å². The minimum atomic E-state index is -0.543. The van der Waals surface area contributed by atoms with E-state index in [0.717, 1.165) is 5.56 Å². The molecule has 0 atom stereocenters. The Hall–Kier alpha value is -2.11. The number of methoxy groups -OCH3 is 1. The summed E-state index contributed by atoms with van der Waals surface area (Å²) in [6, 6.07) is 2.97. The van der Waals surface area contributed by atoms with Crippen LogP contribution < -0.4 is 15.4 Å². The second-order valence-electron chi connectivity index (χ2n) is 3.04. The first-order chi connectivity index (χ1) is 7.63. The number of rotatable bonds is 3. The predicted octanol–water partition coefficient (Wildman–Crippen LogP) is 0.436. The van der Waals surface area contributed by atoms with E-state index in [4.69, 9.17) is 4.74 Å². The van der Waals surface area contributed by atoms with Gasteiger partial charge in [-0.1, -0.05) is 6.07 Å². The lowest BCUT2D eigenvalue weighted by Gasteiger charge is -2.08. The molecule has 0 spiro atoms. The van der Waals surface area contributed by atoms with Gasteiger partial charge in [-0.25, -0.2) is 9.78 Å². The fraction of sp³-hybridized carbons (Fsp3) is 0.300. The molecule has 16 heavy (non-hydrogen) atoms. The minimum Gasteiger partial charge on any atom is -0.481 e. The van der Waals surface area contributed by atoms with Gasteiger partial charge in [-0.05, 0) is 6.07 Å². The number of ether oxygens (including phenoxy) is 1. The number of carbonyl (C=O) groups excluding carboxylic acids is 2. The highest BCUT2D eigenvalue weighted by molar-refractivity contribution is 5.92. The molecule has 3 amide bonds. The summed E-state index contributed by atoms with van der Waals surface area (Å²) in [6.07, 6.45) is 1.60. The molecule has 0 aliphatic heterocycles. The standard InChI is InChI=1S/C10H13N3O3/c1-7(14)13-10(15)12-6-8-4-3-5-11-9(8)16-2/h3-5H,6H2,1-2H3,(H2,12,13,14,15). The molecule has 0 aliphatic rings. The summed E-state index contributed by atoms with van der Waals surface area (Å²) < 4.78 is 5.01. The van der Waals surface area contributed by atoms with Crippen LogP contribution in [0.4, 0.5) is 4.79 Å². The summed E-state index contributed by atoms with van der Waals surface area (Å²) in [5, 5.41) is 4.61. The van der Waals surface area contributed by atoms with Crippen molar-refractivity contribution < 1.29 is 14.3 Å². The number of urea groups is 1. The molecule has 0 saturated carbocycles. The lowest BCUT2D eigenvalue weighted by atomic mass is 10.3. The van der Waals surface area contributed by atoms with E-state index in [1.807, 2.05) is 0 Å². The molecular weight excluding hydrogens is 210 g/mol. The van der Waals surface area contributed by atoms with E-state index >= 15 is 0 Å². The maximum absolute atomic E-state index is 11.1. The zero-order chi connectivity index (χ0) is 12.0. The molecule has 6 nitrogen and oxygen atoms in total. The maximum Gasteiger partial charge on any atom is 0.321 e. The summed E-state index contributed by atoms with van der Waals surface area (Å²) in [6.45, 7) is 1.51. The Labute approximate surface area is 93.0 Å². The number of nitrogens with one attached hydrogen (secondary N) is 2. The third kappa shape index (κ3) is 3.56. The molecule has 0 unspecified atom stereocenters. The Balaban J connectivity index is 2.54. The number of imide groups is 1. The highest BCUT2D eigenvalue weighted by Crippen LogP contribution is 2.12. The quantitative estimate of drug-likeness (QED) is 0.779. The molecule has 0 aromatic carbocycles. The van der Waals surface area contributed by atoms with E-state index in [-0.39, 0.29) is 6.54 Å². The summed E-state index contributed by atoms with van der Waals surface area (Å²) >= 11 is 0. The molecule has 1 aromatic rings. The molecule has 1 heterocycles. The minimum absolute atomic E-state index is 0.246. The van der Waals surface area contributed by atoms with Crippen LogP contribution in [0.5, 0.6) is 5.88 Å². The Bertz CT molecular complexity index is 393. The van der Waals surface area contributed by atoms with Crippen LogP contribution in [0.15, 0.2) is 18.3 Å². The van der Waals surface area contributed by atoms with Gasteiger partial charge in [0.05, 0.1) is 7.11 Å². The predicted molar refractivity (Wildman–Crippen MR) is 56.8 cm³/mol. The van der Waals surface area contributed by atoms with E-state index < -0.39 is 11.9 Å². The Morgan fingerprint density at radius 3 is 2.88 bits per heavy atom. The number of nitrogens with zero attached hydrogens (tertiary/aromatic N) is 1. The number of hydrogen-bond acceptors (Lipinski definition) is 4. The van der Waals surface area contributed by atoms with Crippen molar-refractivity contribution in [1.82, 2.24) is 15.6 Å². The van der Waals surface area contributed by atoms with Gasteiger partial charge in [0.25, 0.3) is 0 Å². The monoisotopic (exact) mass is 223 g/mol. The van der Waals surface area contributed by atoms with Crippen molar-refractivity contribution in [2.45, 2.75) is 13.5 Å². The topological polar surface area (TPSA) is 80.3 Å². The highest BCUT2D eigenvalue weighted by atomic mass is 16.5. The molecule has 0 aliphatic carbocycles. The van der Waals surface area contributed by atoms with E-state index in [1.54, 1.807) is 18.3 Å². The zero-order valence-electron chi connectivity index (χ0n) is 9.11. The Kier molecular flexibility index (Phi) is 4.26. The second kappa shape index (κ2) is 5.69. The van der Waals surface area contributed by atoms with Crippen molar-refractivity contribution in [2.24, 2.45) is 0 Å². The Morgan fingerprint density at radius 1 is 1.50 bits per heavy atom. The SMILES string of the molecule is COc1ncccc1CNC(=O)NC(C)=O. The summed E-state index contributed by atoms with van der Waals surface area (Å²) in [5.74, 6) is 0.0428. The molecule has 0 bridgehead atoms. The van der Waals surface area contributed by atoms with E-state index in [1.165, 1.54) is 14.0 Å². The van der Waals surface area contributed by atoms with Crippen molar-refractivity contribution in [1.29, 1.82) is 0 Å². The lowest BCUT2D eigenvalue weighted by molar-refractivity contribution is -0.117. The molecule has 6 heteroatoms. The fourth-order valence-corrected chi connectivity index (χ4v) is 1.12. The molecule has 0 fully saturated rings. The van der Waals surface area contributed by atoms with Gasteiger partial charge >= 0.3 is 6.03 Å². The number of pyridine rings is 1. The average Bonchev–Trinajstić information content (AvgIpc) is 2.26. The van der Waals surface area contributed by atoms with Crippen LogP contribution in [0, 0.1) is 0 Å². The molecule has 0 radical (unpaired) electrons. The number of hydrogen-bond donors (Lipinski definition) is 2. The normalized spacial score (nSPS) is 9.38. The number of aromatic nitrogens is 1. The van der Waals surface area contributed by atoms with Gasteiger partial charge in [0, 0.05) is 25.2 Å². The first-order valence-corrected chi connectivity index (χ1v) is 4.66. The lowest BCUT2D eigenvalue weighted by Crippen LogP contribution is -2.37. The van der Waals surface area contributed by atoms with Crippen LogP contribution in [0.3, 0.4) is 0 Å². The summed E-state index contributed by atoms with van der Waals surface area (Å²) in [7, 11) is 1.50. The van der Waals surface area contributed by atoms with Gasteiger partial charge in [0.15, 0.2) is 0 Å². The molecule has 1 aromatic heterocycles. The average molecular weight is 223 g/mol. The van der Waals surface area contributed by atoms with Crippen molar-refractivity contribution in [3.05, 3.63) is 23.9 Å². The summed E-state index contributed by atoms with van der Waals surface area (Å²) in [4.78, 5) is 25.7. The van der Waals surface area contributed by atoms with Crippen LogP contribution in [0.2, 0.25) is 0 Å². The molecule has 2 N–H and O–H groups in total. The second-order valence-corrected chi connectivity index (χ2v) is 3.04. The molecule has 0 saturated heterocycles. The first-order valence-electron chi connectivity index (χ1n) is 4.66. The Morgan fingerprint density at radius 2 is 2.25 bits per heavy atom. The highest BCUT2D eigenvalue weighted by Gasteiger charge is 2.06. The van der Waals surface area contributed by atoms with E-state index in [0.29, 0.717) is 5.88 Å². The van der Waals surface area contributed by atoms with Crippen molar-refractivity contribution in [2.75, 3.05) is 7.11 Å². The van der Waals surface area contributed by atoms with Crippen LogP contribution in [-0.2, 0) is 11.3 Å². The van der Waals surface area contributed by atoms with E-state index in [9.17, 15) is 9.59 Å². The van der Waals surface area contributed by atoms with Crippen LogP contribution >= 0.6 is 0 Å². The fourth-order valence-electron chi connectivity index (χ4n) is 1.12. The van der Waals surface area contributed by atoms with E-state index in [2.05, 4.69) is 15.6 Å². The molecule has 1 rings (SSSR count). The third-order valence-electron chi connectivity index (χ3n) is 1.77. The molecule has 86 valence electrons. The number of amides is 3. The third-order valence-corrected chi connectivity index (χ3v) is 1.77. The van der Waals surface area contributed by atoms with Crippen LogP contribution in [-0.4, -0.2) is 24.0 Å². The van der Waals surface area contributed by atoms with Gasteiger partial charge in [-0.15, -0.1) is 0 Å². The van der Waals surface area contributed by atoms with Gasteiger partial charge in [-0.2, -0.15) is 0 Å². The molecular formula is C10H13N3O3. The van der Waals surface area contributed by atoms with Crippen LogP contribution in [0.25, 0.3) is 0 Å². The van der Waals surface area contributed by atoms with Crippen molar-refractivity contribution >= 4 is 11.9 Å². The smallest absolute Gasteiger partial charge is 0.321 e. The van der Waals surface area contributed by atoms with Gasteiger partial charge < -0.3 is 10.1 Å². The first kappa shape index (κ1) is 12.0.